The van der Waals surface area contributed by atoms with Crippen LogP contribution in [0.5, 0.6) is 0 Å². The van der Waals surface area contributed by atoms with Gasteiger partial charge in [-0.2, -0.15) is 25.3 Å². The van der Waals surface area contributed by atoms with Crippen LogP contribution in [-0.4, -0.2) is 28.7 Å². The summed E-state index contributed by atoms with van der Waals surface area (Å²) in [7, 11) is 0. The first-order valence-corrected chi connectivity index (χ1v) is 4.44. The molecule has 0 bridgehead atoms. The summed E-state index contributed by atoms with van der Waals surface area (Å²) in [5.74, 6) is 0. The largest absolute Gasteiger partial charge is 0.329 e. The van der Waals surface area contributed by atoms with E-state index in [9.17, 15) is 0 Å². The van der Waals surface area contributed by atoms with E-state index < -0.39 is 0 Å². The second-order valence-corrected chi connectivity index (χ2v) is 3.78. The summed E-state index contributed by atoms with van der Waals surface area (Å²) in [6.07, 6.45) is 0. The summed E-state index contributed by atoms with van der Waals surface area (Å²) in [6, 6.07) is 0. The molecule has 0 aromatic heterocycles. The van der Waals surface area contributed by atoms with Crippen molar-refractivity contribution in [1.82, 2.24) is 4.90 Å². The van der Waals surface area contributed by atoms with Crippen LogP contribution in [0.15, 0.2) is 0 Å². The van der Waals surface area contributed by atoms with E-state index in [1.54, 1.807) is 0 Å². The second kappa shape index (κ2) is 5.29. The number of thiol groups is 2. The fourth-order valence-electron chi connectivity index (χ4n) is 0.835. The number of nitrogens with two attached hydrogens (primary N) is 1. The summed E-state index contributed by atoms with van der Waals surface area (Å²) in [5.41, 5.74) is 5.40. The van der Waals surface area contributed by atoms with Gasteiger partial charge < -0.3 is 5.73 Å². The molecular weight excluding hydrogens is 164 g/mol. The molecule has 2 N–H and O–H groups in total. The molecule has 0 radical (unpaired) electrons. The van der Waals surface area contributed by atoms with Crippen LogP contribution in [-0.2, 0) is 0 Å². The van der Waals surface area contributed by atoms with Crippen LogP contribution in [0.4, 0.5) is 0 Å². The molecule has 4 heteroatoms. The molecule has 0 spiro atoms. The molecule has 2 nitrogen and oxygen atoms in total. The van der Waals surface area contributed by atoms with Gasteiger partial charge in [-0.25, -0.2) is 0 Å². The molecule has 0 fully saturated rings. The van der Waals surface area contributed by atoms with Crippen molar-refractivity contribution < 1.29 is 0 Å². The molecule has 0 heterocycles. The van der Waals surface area contributed by atoms with Gasteiger partial charge in [0.1, 0.15) is 0 Å². The molecule has 0 aliphatic rings. The smallest absolute Gasteiger partial charge is 0.0510 e. The Morgan fingerprint density at radius 2 is 1.70 bits per heavy atom. The molecule has 0 amide bonds. The number of hydrogen-bond donors (Lipinski definition) is 3. The molecule has 0 aromatic rings. The summed E-state index contributed by atoms with van der Waals surface area (Å²) in [6.45, 7) is 5.56. The Bertz CT molecular complexity index is 77.8. The van der Waals surface area contributed by atoms with Gasteiger partial charge in [-0.05, 0) is 13.8 Å². The van der Waals surface area contributed by atoms with Crippen molar-refractivity contribution in [2.24, 2.45) is 5.73 Å². The van der Waals surface area contributed by atoms with E-state index >= 15 is 0 Å². The normalized spacial score (nSPS) is 17.4. The highest BCUT2D eigenvalue weighted by atomic mass is 32.1. The van der Waals surface area contributed by atoms with E-state index in [1.807, 2.05) is 13.8 Å². The Kier molecular flexibility index (Phi) is 5.62. The molecule has 0 aromatic carbocycles. The Labute approximate surface area is 74.0 Å². The molecule has 0 saturated heterocycles. The minimum atomic E-state index is 0.232. The van der Waals surface area contributed by atoms with Crippen molar-refractivity contribution in [3.05, 3.63) is 0 Å². The van der Waals surface area contributed by atoms with E-state index in [0.29, 0.717) is 6.54 Å². The molecule has 2 atom stereocenters. The lowest BCUT2D eigenvalue weighted by Gasteiger charge is -2.28. The molecule has 0 rings (SSSR count). The highest BCUT2D eigenvalue weighted by molar-refractivity contribution is 7.81. The van der Waals surface area contributed by atoms with Crippen molar-refractivity contribution in [1.29, 1.82) is 0 Å². The standard InChI is InChI=1S/C6H16N2S2/c1-5(9)8(4-3-7)6(2)10/h5-6,9-10H,3-4,7H2,1-2H3. The molecule has 62 valence electrons. The molecule has 0 aliphatic heterocycles. The number of rotatable bonds is 4. The lowest BCUT2D eigenvalue weighted by atomic mass is 10.4. The van der Waals surface area contributed by atoms with Gasteiger partial charge in [0.25, 0.3) is 0 Å². The first-order valence-electron chi connectivity index (χ1n) is 3.41. The lowest BCUT2D eigenvalue weighted by Crippen LogP contribution is -2.38. The lowest BCUT2D eigenvalue weighted by molar-refractivity contribution is 0.270. The SMILES string of the molecule is CC(S)N(CCN)C(C)S. The van der Waals surface area contributed by atoms with E-state index in [0.717, 1.165) is 6.54 Å². The zero-order valence-corrected chi connectivity index (χ0v) is 8.28. The maximum absolute atomic E-state index is 5.40. The third-order valence-corrected chi connectivity index (χ3v) is 1.94. The molecule has 0 aliphatic carbocycles. The maximum atomic E-state index is 5.40. The van der Waals surface area contributed by atoms with Gasteiger partial charge in [0.15, 0.2) is 0 Å². The predicted octanol–water partition coefficient (Wildman–Crippen LogP) is 0.799. The fourth-order valence-corrected chi connectivity index (χ4v) is 1.57. The summed E-state index contributed by atoms with van der Waals surface area (Å²) in [4.78, 5) is 2.12. The number of hydrogen-bond acceptors (Lipinski definition) is 4. The Morgan fingerprint density at radius 1 is 1.30 bits per heavy atom. The number of nitrogens with zero attached hydrogens (tertiary/aromatic N) is 1. The van der Waals surface area contributed by atoms with Crippen LogP contribution in [0.3, 0.4) is 0 Å². The van der Waals surface area contributed by atoms with Crippen molar-refractivity contribution >= 4 is 25.3 Å². The quantitative estimate of drug-likeness (QED) is 0.441. The minimum Gasteiger partial charge on any atom is -0.329 e. The van der Waals surface area contributed by atoms with E-state index in [-0.39, 0.29) is 10.7 Å². The van der Waals surface area contributed by atoms with Crippen molar-refractivity contribution in [2.45, 2.75) is 24.6 Å². The summed E-state index contributed by atoms with van der Waals surface area (Å²) in [5, 5.41) is 0.465. The predicted molar refractivity (Wildman–Crippen MR) is 52.7 cm³/mol. The Morgan fingerprint density at radius 3 is 1.80 bits per heavy atom. The average Bonchev–Trinajstić information content (AvgIpc) is 1.81. The maximum Gasteiger partial charge on any atom is 0.0510 e. The van der Waals surface area contributed by atoms with Crippen LogP contribution in [0.1, 0.15) is 13.8 Å². The summed E-state index contributed by atoms with van der Waals surface area (Å²) >= 11 is 8.58. The fraction of sp³-hybridized carbons (Fsp3) is 1.00. The van der Waals surface area contributed by atoms with Gasteiger partial charge in [0.05, 0.1) is 10.7 Å². The zero-order valence-electron chi connectivity index (χ0n) is 6.49. The highest BCUT2D eigenvalue weighted by Gasteiger charge is 2.12. The van der Waals surface area contributed by atoms with Crippen molar-refractivity contribution in [3.63, 3.8) is 0 Å². The molecule has 0 saturated carbocycles. The van der Waals surface area contributed by atoms with Crippen LogP contribution >= 0.6 is 25.3 Å². The first kappa shape index (κ1) is 10.6. The summed E-state index contributed by atoms with van der Waals surface area (Å²) < 4.78 is 0. The highest BCUT2D eigenvalue weighted by Crippen LogP contribution is 2.09. The monoisotopic (exact) mass is 180 g/mol. The third-order valence-electron chi connectivity index (χ3n) is 1.35. The van der Waals surface area contributed by atoms with E-state index in [2.05, 4.69) is 30.2 Å². The molecular formula is C6H16N2S2. The molecule has 2 unspecified atom stereocenters. The van der Waals surface area contributed by atoms with Gasteiger partial charge in [-0.1, -0.05) is 0 Å². The van der Waals surface area contributed by atoms with Crippen molar-refractivity contribution in [2.75, 3.05) is 13.1 Å². The topological polar surface area (TPSA) is 29.3 Å². The Hall–Kier alpha value is 0.620. The third kappa shape index (κ3) is 3.71. The minimum absolute atomic E-state index is 0.232. The van der Waals surface area contributed by atoms with Gasteiger partial charge in [-0.3, -0.25) is 4.90 Å². The van der Waals surface area contributed by atoms with Crippen LogP contribution in [0.2, 0.25) is 0 Å². The Balaban J connectivity index is 3.73. The molecule has 10 heavy (non-hydrogen) atoms. The zero-order chi connectivity index (χ0) is 8.15. The van der Waals surface area contributed by atoms with Gasteiger partial charge in [0, 0.05) is 13.1 Å². The van der Waals surface area contributed by atoms with Crippen LogP contribution in [0.25, 0.3) is 0 Å². The van der Waals surface area contributed by atoms with Gasteiger partial charge in [0.2, 0.25) is 0 Å². The van der Waals surface area contributed by atoms with Crippen LogP contribution < -0.4 is 5.73 Å². The van der Waals surface area contributed by atoms with E-state index in [1.165, 1.54) is 0 Å². The van der Waals surface area contributed by atoms with Crippen LogP contribution in [0, 0.1) is 0 Å². The second-order valence-electron chi connectivity index (χ2n) is 2.29. The first-order chi connectivity index (χ1) is 4.59. The van der Waals surface area contributed by atoms with Crippen molar-refractivity contribution in [3.8, 4) is 0 Å². The van der Waals surface area contributed by atoms with Gasteiger partial charge >= 0.3 is 0 Å². The van der Waals surface area contributed by atoms with E-state index in [4.69, 9.17) is 5.73 Å². The average molecular weight is 180 g/mol. The van der Waals surface area contributed by atoms with Gasteiger partial charge in [-0.15, -0.1) is 0 Å².